The molecule has 5 rings (SSSR count). The van der Waals surface area contributed by atoms with Gasteiger partial charge in [0.1, 0.15) is 18.5 Å². The number of hydrogen-bond acceptors (Lipinski definition) is 10. The average Bonchev–Trinajstić information content (AvgIpc) is 3.65. The van der Waals surface area contributed by atoms with Crippen LogP contribution in [0.2, 0.25) is 5.02 Å². The largest absolute Gasteiger partial charge is 0.487 e. The molecule has 248 valence electrons. The quantitative estimate of drug-likeness (QED) is 0.133. The normalized spacial score (nSPS) is 26.2. The molecule has 12 nitrogen and oxygen atoms in total. The van der Waals surface area contributed by atoms with E-state index in [0.29, 0.717) is 35.7 Å². The van der Waals surface area contributed by atoms with Crippen LogP contribution in [0.4, 0.5) is 4.39 Å². The summed E-state index contributed by atoms with van der Waals surface area (Å²) in [6.07, 6.45) is 0.910. The van der Waals surface area contributed by atoms with Gasteiger partial charge in [0.15, 0.2) is 5.79 Å². The van der Waals surface area contributed by atoms with Crippen LogP contribution >= 0.6 is 11.6 Å². The summed E-state index contributed by atoms with van der Waals surface area (Å²) in [6.45, 7) is 2.03. The van der Waals surface area contributed by atoms with Gasteiger partial charge in [-0.05, 0) is 55.7 Å². The maximum absolute atomic E-state index is 14.4. The number of alkyl halides is 1. The van der Waals surface area contributed by atoms with Crippen LogP contribution in [0.5, 0.6) is 5.75 Å². The second kappa shape index (κ2) is 12.6. The first kappa shape index (κ1) is 33.2. The zero-order valence-corrected chi connectivity index (χ0v) is 26.7. The monoisotopic (exact) mass is 651 g/mol. The fourth-order valence-corrected chi connectivity index (χ4v) is 7.57. The van der Waals surface area contributed by atoms with E-state index in [4.69, 9.17) is 32.7 Å². The molecule has 3 fully saturated rings. The van der Waals surface area contributed by atoms with Crippen molar-refractivity contribution in [1.29, 1.82) is 0 Å². The van der Waals surface area contributed by atoms with Crippen molar-refractivity contribution in [2.75, 3.05) is 40.4 Å². The van der Waals surface area contributed by atoms with Crippen LogP contribution in [0.1, 0.15) is 62.6 Å². The van der Waals surface area contributed by atoms with Crippen molar-refractivity contribution in [2.45, 2.75) is 69.9 Å². The molecular formula is C31H43ClFN5O7. The highest BCUT2D eigenvalue weighted by Crippen LogP contribution is 2.54. The highest BCUT2D eigenvalue weighted by Gasteiger charge is 2.53. The molecule has 4 unspecified atom stereocenters. The van der Waals surface area contributed by atoms with Gasteiger partial charge in [0, 0.05) is 56.5 Å². The Kier molecular flexibility index (Phi) is 9.29. The number of carbonyl (C=O) groups is 3. The van der Waals surface area contributed by atoms with Gasteiger partial charge in [-0.15, -0.1) is 0 Å². The van der Waals surface area contributed by atoms with E-state index in [0.717, 1.165) is 23.4 Å². The van der Waals surface area contributed by atoms with Gasteiger partial charge in [-0.3, -0.25) is 14.4 Å². The van der Waals surface area contributed by atoms with Crippen molar-refractivity contribution in [3.63, 3.8) is 0 Å². The van der Waals surface area contributed by atoms with E-state index >= 15 is 0 Å². The van der Waals surface area contributed by atoms with Crippen LogP contribution in [0.25, 0.3) is 0 Å². The van der Waals surface area contributed by atoms with Crippen molar-refractivity contribution in [1.82, 2.24) is 14.8 Å². The number of rotatable bonds is 9. The third kappa shape index (κ3) is 6.72. The number of esters is 1. The number of halogens is 2. The van der Waals surface area contributed by atoms with Crippen molar-refractivity contribution in [3.05, 3.63) is 39.7 Å². The molecule has 2 saturated carbocycles. The third-order valence-corrected chi connectivity index (χ3v) is 10.1. The van der Waals surface area contributed by atoms with Crippen molar-refractivity contribution in [2.24, 2.45) is 28.8 Å². The maximum Gasteiger partial charge on any atom is 0.309 e. The number of methoxy groups -OCH3 is 1. The van der Waals surface area contributed by atoms with Crippen LogP contribution in [0.15, 0.2) is 23.5 Å². The first-order valence-electron chi connectivity index (χ1n) is 15.3. The molecule has 2 heterocycles. The Balaban J connectivity index is 1.54. The summed E-state index contributed by atoms with van der Waals surface area (Å²) in [4.78, 5) is 43.7. The minimum atomic E-state index is -2.12. The van der Waals surface area contributed by atoms with Gasteiger partial charge in [-0.1, -0.05) is 11.6 Å². The number of aliphatic hydroxyl groups is 2. The van der Waals surface area contributed by atoms with E-state index < -0.39 is 41.7 Å². The number of hydrazine groups is 1. The van der Waals surface area contributed by atoms with Crippen LogP contribution in [0.3, 0.4) is 0 Å². The molecule has 14 heteroatoms. The number of fused-ring (bicyclic) bond motifs is 1. The number of likely N-dealkylation sites (tertiary alicyclic amines) is 1. The Morgan fingerprint density at radius 1 is 1.24 bits per heavy atom. The number of ether oxygens (including phenoxy) is 2. The van der Waals surface area contributed by atoms with Gasteiger partial charge >= 0.3 is 5.97 Å². The molecule has 2 aliphatic heterocycles. The van der Waals surface area contributed by atoms with Gasteiger partial charge in [0.05, 0.1) is 36.4 Å². The Morgan fingerprint density at radius 3 is 2.56 bits per heavy atom. The Labute approximate surface area is 267 Å². The second-order valence-corrected chi connectivity index (χ2v) is 13.5. The molecule has 4 atom stereocenters. The summed E-state index contributed by atoms with van der Waals surface area (Å²) in [5.41, 5.74) is 7.64. The molecular weight excluding hydrogens is 609 g/mol. The minimum absolute atomic E-state index is 0.00825. The van der Waals surface area contributed by atoms with Crippen LogP contribution in [-0.4, -0.2) is 95.2 Å². The highest BCUT2D eigenvalue weighted by molar-refractivity contribution is 6.31. The van der Waals surface area contributed by atoms with Gasteiger partial charge < -0.3 is 40.2 Å². The van der Waals surface area contributed by atoms with E-state index in [-0.39, 0.29) is 61.7 Å². The topological polar surface area (TPSA) is 172 Å². The number of carbonyl (C=O) groups excluding carboxylic acids is 3. The molecule has 1 spiro atoms. The fourth-order valence-electron chi connectivity index (χ4n) is 7.31. The van der Waals surface area contributed by atoms with Gasteiger partial charge in [-0.2, -0.15) is 0 Å². The van der Waals surface area contributed by atoms with E-state index in [1.54, 1.807) is 21.9 Å². The molecule has 1 aromatic carbocycles. The fraction of sp³-hybridized carbons (Fsp3) is 0.645. The summed E-state index contributed by atoms with van der Waals surface area (Å²) in [5.74, 6) is 1.04. The van der Waals surface area contributed by atoms with Crippen LogP contribution in [0, 0.1) is 17.3 Å². The maximum atomic E-state index is 14.4. The first-order valence-corrected chi connectivity index (χ1v) is 15.7. The number of nitrogens with two attached hydrogens (primary N) is 2. The smallest absolute Gasteiger partial charge is 0.309 e. The lowest BCUT2D eigenvalue weighted by Gasteiger charge is -2.44. The molecule has 4 aliphatic rings. The van der Waals surface area contributed by atoms with Crippen molar-refractivity contribution < 1.29 is 38.5 Å². The average molecular weight is 652 g/mol. The van der Waals surface area contributed by atoms with Crippen molar-refractivity contribution >= 4 is 29.4 Å². The van der Waals surface area contributed by atoms with Gasteiger partial charge in [0.25, 0.3) is 0 Å². The second-order valence-electron chi connectivity index (χ2n) is 13.1. The first-order chi connectivity index (χ1) is 21.2. The molecule has 0 bridgehead atoms. The van der Waals surface area contributed by atoms with Crippen molar-refractivity contribution in [3.8, 4) is 5.75 Å². The lowest BCUT2D eigenvalue weighted by molar-refractivity contribution is -0.206. The predicted molar refractivity (Wildman–Crippen MR) is 162 cm³/mol. The standard InChI is InChI=1S/C31H43ClFN5O7/c1-17(33)27(36(2)35)22(34)15-45-24-5-4-21(32)19-7-11-38(23(26(19)24)14-37-16-30(9-10-30)13-25(37)39)28(40)20-12-31(42,43)8-6-18(20)29(41)44-3/h4-5,17-18,20,23,42-43H,6-16,34-35H2,1-3H3/b27-22-. The zero-order chi connectivity index (χ0) is 32.8. The predicted octanol–water partition coefficient (Wildman–Crippen LogP) is 1.76. The molecule has 2 amide bonds. The summed E-state index contributed by atoms with van der Waals surface area (Å²) in [6, 6.07) is 2.60. The Morgan fingerprint density at radius 2 is 1.96 bits per heavy atom. The molecule has 1 saturated heterocycles. The minimum Gasteiger partial charge on any atom is -0.487 e. The molecule has 0 aromatic heterocycles. The lowest BCUT2D eigenvalue weighted by Crippen LogP contribution is -2.53. The van der Waals surface area contributed by atoms with E-state index in [2.05, 4.69) is 0 Å². The van der Waals surface area contributed by atoms with E-state index in [1.807, 2.05) is 0 Å². The molecule has 45 heavy (non-hydrogen) atoms. The summed E-state index contributed by atoms with van der Waals surface area (Å²) in [7, 11) is 2.71. The summed E-state index contributed by atoms with van der Waals surface area (Å²) in [5, 5.41) is 22.6. The number of amides is 2. The van der Waals surface area contributed by atoms with E-state index in [1.165, 1.54) is 21.1 Å². The van der Waals surface area contributed by atoms with Gasteiger partial charge in [-0.25, -0.2) is 10.2 Å². The Bertz CT molecular complexity index is 1370. The number of benzene rings is 1. The SMILES string of the molecule is COC(=O)C1CCC(O)(O)CC1C(=O)N1CCc2c(Cl)ccc(OC/C(N)=C(\C(C)F)N(C)N)c2C1CN1CC2(CC2)CC1=O. The van der Waals surface area contributed by atoms with Crippen LogP contribution in [-0.2, 0) is 25.5 Å². The number of hydrogen-bond donors (Lipinski definition) is 4. The molecule has 1 aromatic rings. The van der Waals surface area contributed by atoms with Gasteiger partial charge in [0.2, 0.25) is 11.8 Å². The summed E-state index contributed by atoms with van der Waals surface area (Å²) < 4.78 is 25.5. The molecule has 0 radical (unpaired) electrons. The Hall–Kier alpha value is -3.13. The number of nitrogens with zero attached hydrogens (tertiary/aromatic N) is 3. The number of allylic oxidation sites excluding steroid dienone is 1. The van der Waals surface area contributed by atoms with Crippen LogP contribution < -0.4 is 16.3 Å². The third-order valence-electron chi connectivity index (χ3n) is 9.79. The highest BCUT2D eigenvalue weighted by atomic mass is 35.5. The lowest BCUT2D eigenvalue weighted by atomic mass is 9.75. The molecule has 6 N–H and O–H groups in total. The zero-order valence-electron chi connectivity index (χ0n) is 25.9. The summed E-state index contributed by atoms with van der Waals surface area (Å²) >= 11 is 6.70. The van der Waals surface area contributed by atoms with E-state index in [9.17, 15) is 29.0 Å². The molecule has 2 aliphatic carbocycles.